The number of carboxylic acids is 1. The Kier molecular flexibility index (Phi) is 17.8. The van der Waals surface area contributed by atoms with Gasteiger partial charge in [0.05, 0.1) is 31.0 Å². The molecular formula is C38H54ClN3O12S. The zero-order chi connectivity index (χ0) is 39.9. The van der Waals surface area contributed by atoms with Gasteiger partial charge in [-0.15, -0.1) is 0 Å². The molecule has 4 heterocycles. The fourth-order valence-corrected chi connectivity index (χ4v) is 8.86. The number of rotatable bonds is 17. The first-order valence-corrected chi connectivity index (χ1v) is 20.4. The van der Waals surface area contributed by atoms with Crippen molar-refractivity contribution in [2.45, 2.75) is 145 Å². The molecule has 4 aliphatic rings. The number of nitrogens with one attached hydrogen (secondary N) is 3. The molecule has 3 fully saturated rings. The van der Waals surface area contributed by atoms with Crippen LogP contribution in [-0.2, 0) is 42.9 Å². The number of carbonyl (C=O) groups is 6. The minimum Gasteiger partial charge on any atom is -0.481 e. The molecule has 0 aromatic heterocycles. The summed E-state index contributed by atoms with van der Waals surface area (Å²) in [7, 11) is 0. The number of ether oxygens (including phenoxy) is 4. The van der Waals surface area contributed by atoms with Crippen molar-refractivity contribution >= 4 is 59.2 Å². The van der Waals surface area contributed by atoms with Crippen molar-refractivity contribution in [1.29, 1.82) is 0 Å². The molecule has 17 heteroatoms. The van der Waals surface area contributed by atoms with Gasteiger partial charge >= 0.3 is 29.9 Å². The Labute approximate surface area is 330 Å². The number of amides is 3. The van der Waals surface area contributed by atoms with Gasteiger partial charge in [0.2, 0.25) is 5.91 Å². The van der Waals surface area contributed by atoms with E-state index < -0.39 is 48.3 Å². The van der Waals surface area contributed by atoms with Crippen molar-refractivity contribution in [3.8, 4) is 0 Å². The van der Waals surface area contributed by atoms with Gasteiger partial charge in [0.15, 0.2) is 0 Å². The van der Waals surface area contributed by atoms with Crippen LogP contribution in [0, 0.1) is 0 Å². The summed E-state index contributed by atoms with van der Waals surface area (Å²) in [6, 6.07) is 0.167. The molecule has 3 amide bonds. The van der Waals surface area contributed by atoms with Crippen LogP contribution >= 0.6 is 23.4 Å². The second-order valence-corrected chi connectivity index (χ2v) is 16.2. The van der Waals surface area contributed by atoms with E-state index in [4.69, 9.17) is 35.7 Å². The lowest BCUT2D eigenvalue weighted by Crippen LogP contribution is -2.37. The molecular weight excluding hydrogens is 758 g/mol. The maximum Gasteiger partial charge on any atom is 0.315 e. The topological polar surface area (TPSA) is 216 Å². The number of allylic oxidation sites excluding steroid dienone is 3. The minimum absolute atomic E-state index is 0.0234. The van der Waals surface area contributed by atoms with Crippen molar-refractivity contribution in [3.63, 3.8) is 0 Å². The molecule has 5 N–H and O–H groups in total. The van der Waals surface area contributed by atoms with Crippen LogP contribution in [-0.4, -0.2) is 113 Å². The minimum atomic E-state index is -1.25. The van der Waals surface area contributed by atoms with E-state index in [1.54, 1.807) is 19.1 Å². The summed E-state index contributed by atoms with van der Waals surface area (Å²) in [6.07, 6.45) is 5.20. The van der Waals surface area contributed by atoms with Crippen LogP contribution in [0.3, 0.4) is 0 Å². The zero-order valence-electron chi connectivity index (χ0n) is 31.4. The molecule has 0 saturated carbocycles. The van der Waals surface area contributed by atoms with Crippen molar-refractivity contribution < 1.29 is 57.9 Å². The average molecular weight is 812 g/mol. The second kappa shape index (κ2) is 22.2. The number of aliphatic carboxylic acids is 1. The van der Waals surface area contributed by atoms with Crippen LogP contribution in [0.15, 0.2) is 34.4 Å². The number of hydrogen-bond acceptors (Lipinski definition) is 12. The van der Waals surface area contributed by atoms with E-state index in [2.05, 4.69) is 16.0 Å². The van der Waals surface area contributed by atoms with Gasteiger partial charge in [0, 0.05) is 54.3 Å². The molecule has 0 unspecified atom stereocenters. The van der Waals surface area contributed by atoms with Crippen LogP contribution in [0.1, 0.15) is 97.3 Å². The molecule has 2 bridgehead atoms. The largest absolute Gasteiger partial charge is 0.481 e. The number of carboxylic acid groups (broad SMARTS) is 1. The summed E-state index contributed by atoms with van der Waals surface area (Å²) in [5, 5.41) is 29.7. The summed E-state index contributed by atoms with van der Waals surface area (Å²) >= 11 is 8.33. The van der Waals surface area contributed by atoms with Gasteiger partial charge in [0.1, 0.15) is 31.0 Å². The first-order valence-electron chi connectivity index (χ1n) is 19.0. The van der Waals surface area contributed by atoms with Gasteiger partial charge in [-0.05, 0) is 51.9 Å². The Morgan fingerprint density at radius 1 is 1.11 bits per heavy atom. The highest BCUT2D eigenvalue weighted by Gasteiger charge is 2.43. The number of halogens is 1. The molecule has 4 aliphatic heterocycles. The molecule has 0 aromatic carbocycles. The average Bonchev–Trinajstić information content (AvgIpc) is 3.79. The standard InChI is InChI=1S/C38H54ClN3O12S/c1-22(17-33(46)47)16-28(44)37-30-18-26(53-37)14-13-25(39)9-6-8-24(29(52-23(2)43)19-35(49)54-30)20-51-34(48)12-4-3-5-15-40-32(45)11-7-10-31-36-27(21-55-31)41-38(50)42-36/h8-9,16,26-31,36-37,44H,3-7,10-15,17-21H2,1-2H3,(H,40,45)(H,46,47)(H2,41,42,50)/b22-16+,24-8-,25-9-/t26-,27+,28-,29-,30-,31+,36+,37-/m1/s1. The molecule has 55 heavy (non-hydrogen) atoms. The Morgan fingerprint density at radius 3 is 2.67 bits per heavy atom. The maximum absolute atomic E-state index is 13.3. The third-order valence-corrected chi connectivity index (χ3v) is 11.7. The lowest BCUT2D eigenvalue weighted by Gasteiger charge is -2.24. The van der Waals surface area contributed by atoms with E-state index in [-0.39, 0.29) is 62.4 Å². The first-order chi connectivity index (χ1) is 26.3. The number of urea groups is 1. The fraction of sp³-hybridized carbons (Fsp3) is 0.684. The number of hydrogen-bond donors (Lipinski definition) is 5. The monoisotopic (exact) mass is 811 g/mol. The summed E-state index contributed by atoms with van der Waals surface area (Å²) in [4.78, 5) is 73.1. The van der Waals surface area contributed by atoms with Crippen molar-refractivity contribution in [3.05, 3.63) is 34.4 Å². The Balaban J connectivity index is 1.23. The fourth-order valence-electron chi connectivity index (χ4n) is 7.11. The zero-order valence-corrected chi connectivity index (χ0v) is 33.0. The number of aliphatic hydroxyl groups is 1. The van der Waals surface area contributed by atoms with E-state index >= 15 is 0 Å². The van der Waals surface area contributed by atoms with E-state index in [1.807, 2.05) is 11.8 Å². The number of unbranched alkanes of at least 4 members (excludes halogenated alkanes) is 2. The predicted molar refractivity (Wildman–Crippen MR) is 203 cm³/mol. The number of esters is 3. The Bertz CT molecular complexity index is 1490. The van der Waals surface area contributed by atoms with Gasteiger partial charge < -0.3 is 45.1 Å². The third kappa shape index (κ3) is 15.1. The lowest BCUT2D eigenvalue weighted by molar-refractivity contribution is -0.159. The normalized spacial score (nSPS) is 29.5. The van der Waals surface area contributed by atoms with Gasteiger partial charge in [-0.2, -0.15) is 11.8 Å². The summed E-state index contributed by atoms with van der Waals surface area (Å²) < 4.78 is 22.9. The molecule has 0 spiro atoms. The molecule has 0 radical (unpaired) electrons. The maximum atomic E-state index is 13.3. The Hall–Kier alpha value is -3.60. The van der Waals surface area contributed by atoms with Crippen molar-refractivity contribution in [2.24, 2.45) is 0 Å². The van der Waals surface area contributed by atoms with Crippen LogP contribution in [0.2, 0.25) is 0 Å². The highest BCUT2D eigenvalue weighted by Crippen LogP contribution is 2.34. The van der Waals surface area contributed by atoms with Gasteiger partial charge in [-0.1, -0.05) is 41.8 Å². The molecule has 306 valence electrons. The van der Waals surface area contributed by atoms with Gasteiger partial charge in [-0.3, -0.25) is 24.0 Å². The van der Waals surface area contributed by atoms with Crippen LogP contribution in [0.4, 0.5) is 4.79 Å². The van der Waals surface area contributed by atoms with Gasteiger partial charge in [-0.25, -0.2) is 4.79 Å². The smallest absolute Gasteiger partial charge is 0.315 e. The van der Waals surface area contributed by atoms with Crippen LogP contribution < -0.4 is 16.0 Å². The van der Waals surface area contributed by atoms with Gasteiger partial charge in [0.25, 0.3) is 0 Å². The number of carbonyl (C=O) groups excluding carboxylic acids is 5. The SMILES string of the molecule is CC(=O)O[C@@H]1CC(=O)O[C@@H]2C[C@@H](CC/C(Cl)=C/C/C=C\1COC(=O)CCCCCNC(=O)CCC[C@@H]1SC[C@@H]3NC(=O)N[C@@H]31)O[C@@H]2[C@H](O)/C=C(\C)CC(=O)O. The second-order valence-electron chi connectivity index (χ2n) is 14.4. The van der Waals surface area contributed by atoms with Crippen molar-refractivity contribution in [2.75, 3.05) is 18.9 Å². The van der Waals surface area contributed by atoms with E-state index in [0.717, 1.165) is 18.6 Å². The third-order valence-electron chi connectivity index (χ3n) is 9.82. The molecule has 0 aromatic rings. The number of thioether (sulfide) groups is 1. The summed E-state index contributed by atoms with van der Waals surface area (Å²) in [6.45, 7) is 3.03. The first kappa shape index (κ1) is 44.1. The highest BCUT2D eigenvalue weighted by molar-refractivity contribution is 8.00. The quantitative estimate of drug-likeness (QED) is 0.0463. The highest BCUT2D eigenvalue weighted by atomic mass is 35.5. The lowest BCUT2D eigenvalue weighted by atomic mass is 10.0. The molecule has 0 aliphatic carbocycles. The molecule has 8 atom stereocenters. The van der Waals surface area contributed by atoms with Crippen molar-refractivity contribution in [1.82, 2.24) is 16.0 Å². The molecule has 15 nitrogen and oxygen atoms in total. The number of aliphatic hydroxyl groups excluding tert-OH is 1. The predicted octanol–water partition coefficient (Wildman–Crippen LogP) is 3.95. The van der Waals surface area contributed by atoms with E-state index in [9.17, 15) is 33.9 Å². The molecule has 4 rings (SSSR count). The number of fused-ring (bicyclic) bond motifs is 3. The van der Waals surface area contributed by atoms with Crippen LogP contribution in [0.25, 0.3) is 0 Å². The summed E-state index contributed by atoms with van der Waals surface area (Å²) in [5.74, 6) is -2.04. The molecule has 3 saturated heterocycles. The van der Waals surface area contributed by atoms with Crippen LogP contribution in [0.5, 0.6) is 0 Å². The Morgan fingerprint density at radius 2 is 1.91 bits per heavy atom. The van der Waals surface area contributed by atoms with E-state index in [1.165, 1.54) is 13.0 Å². The summed E-state index contributed by atoms with van der Waals surface area (Å²) in [5.41, 5.74) is 0.790. The van der Waals surface area contributed by atoms with E-state index in [0.29, 0.717) is 72.9 Å².